The van der Waals surface area contributed by atoms with Gasteiger partial charge < -0.3 is 10.6 Å². The van der Waals surface area contributed by atoms with E-state index in [0.717, 1.165) is 11.6 Å². The Labute approximate surface area is 94.3 Å². The first-order chi connectivity index (χ1) is 7.38. The molecule has 0 amide bonds. The average Bonchev–Trinajstić information content (AvgIpc) is 2.31. The molecule has 1 fully saturated rings. The highest BCUT2D eigenvalue weighted by Gasteiger charge is 2.13. The van der Waals surface area contributed by atoms with Crippen molar-refractivity contribution in [1.82, 2.24) is 9.97 Å². The molecule has 0 radical (unpaired) electrons. The van der Waals surface area contributed by atoms with Crippen LogP contribution < -0.4 is 10.6 Å². The fourth-order valence-corrected chi connectivity index (χ4v) is 2.71. The maximum absolute atomic E-state index is 4.21. The second kappa shape index (κ2) is 5.21. The van der Waals surface area contributed by atoms with Crippen LogP contribution in [0.3, 0.4) is 0 Å². The van der Waals surface area contributed by atoms with E-state index in [1.54, 1.807) is 6.33 Å². The molecule has 2 rings (SSSR count). The molecule has 1 aliphatic rings. The lowest BCUT2D eigenvalue weighted by Crippen LogP contribution is -2.26. The van der Waals surface area contributed by atoms with Gasteiger partial charge in [-0.3, -0.25) is 0 Å². The third-order valence-electron chi connectivity index (χ3n) is 2.44. The van der Waals surface area contributed by atoms with Crippen LogP contribution >= 0.6 is 11.8 Å². The molecular weight excluding hydrogens is 208 g/mol. The van der Waals surface area contributed by atoms with E-state index in [1.165, 1.54) is 24.3 Å². The van der Waals surface area contributed by atoms with Crippen LogP contribution in [0, 0.1) is 0 Å². The van der Waals surface area contributed by atoms with E-state index in [9.17, 15) is 0 Å². The Bertz CT molecular complexity index is 312. The van der Waals surface area contributed by atoms with E-state index >= 15 is 0 Å². The smallest absolute Gasteiger partial charge is 0.131 e. The number of anilines is 2. The minimum absolute atomic E-state index is 0.559. The highest BCUT2D eigenvalue weighted by molar-refractivity contribution is 7.99. The minimum atomic E-state index is 0.559. The van der Waals surface area contributed by atoms with Crippen LogP contribution in [0.25, 0.3) is 0 Å². The Hall–Kier alpha value is -0.970. The first-order valence-corrected chi connectivity index (χ1v) is 6.38. The van der Waals surface area contributed by atoms with Crippen LogP contribution in [0.1, 0.15) is 12.8 Å². The first-order valence-electron chi connectivity index (χ1n) is 5.22. The molecule has 0 aliphatic carbocycles. The summed E-state index contributed by atoms with van der Waals surface area (Å²) in [7, 11) is 1.86. The molecule has 1 atom stereocenters. The van der Waals surface area contributed by atoms with Gasteiger partial charge in [-0.15, -0.1) is 0 Å². The summed E-state index contributed by atoms with van der Waals surface area (Å²) in [5.74, 6) is 4.25. The van der Waals surface area contributed by atoms with Crippen molar-refractivity contribution >= 4 is 23.4 Å². The van der Waals surface area contributed by atoms with Crippen molar-refractivity contribution in [3.8, 4) is 0 Å². The molecule has 0 aromatic carbocycles. The summed E-state index contributed by atoms with van der Waals surface area (Å²) in [6.45, 7) is 0. The van der Waals surface area contributed by atoms with Crippen molar-refractivity contribution in [3.63, 3.8) is 0 Å². The lowest BCUT2D eigenvalue weighted by Gasteiger charge is -2.22. The second-order valence-electron chi connectivity index (χ2n) is 3.60. The lowest BCUT2D eigenvalue weighted by molar-refractivity contribution is 0.682. The third kappa shape index (κ3) is 2.99. The molecule has 0 bridgehead atoms. The Balaban J connectivity index is 1.96. The molecule has 5 heteroatoms. The second-order valence-corrected chi connectivity index (χ2v) is 4.75. The van der Waals surface area contributed by atoms with Crippen LogP contribution in [0.4, 0.5) is 11.6 Å². The lowest BCUT2D eigenvalue weighted by atomic mass is 10.2. The predicted octanol–water partition coefficient (Wildman–Crippen LogP) is 1.83. The quantitative estimate of drug-likeness (QED) is 0.820. The van der Waals surface area contributed by atoms with Crippen molar-refractivity contribution in [2.75, 3.05) is 29.2 Å². The molecule has 0 saturated carbocycles. The summed E-state index contributed by atoms with van der Waals surface area (Å²) < 4.78 is 0. The van der Waals surface area contributed by atoms with Gasteiger partial charge in [0.1, 0.15) is 18.0 Å². The van der Waals surface area contributed by atoms with Gasteiger partial charge in [0.2, 0.25) is 0 Å². The summed E-state index contributed by atoms with van der Waals surface area (Å²) in [5.41, 5.74) is 0. The summed E-state index contributed by atoms with van der Waals surface area (Å²) in [6.07, 6.45) is 4.13. The van der Waals surface area contributed by atoms with Crippen molar-refractivity contribution in [2.24, 2.45) is 0 Å². The van der Waals surface area contributed by atoms with Gasteiger partial charge in [0.25, 0.3) is 0 Å². The Kier molecular flexibility index (Phi) is 3.66. The largest absolute Gasteiger partial charge is 0.373 e. The fraction of sp³-hybridized carbons (Fsp3) is 0.600. The van der Waals surface area contributed by atoms with E-state index in [1.807, 2.05) is 24.9 Å². The van der Waals surface area contributed by atoms with Crippen molar-refractivity contribution in [2.45, 2.75) is 18.9 Å². The fourth-order valence-electron chi connectivity index (χ4n) is 1.64. The maximum Gasteiger partial charge on any atom is 0.131 e. The number of aromatic nitrogens is 2. The molecule has 82 valence electrons. The summed E-state index contributed by atoms with van der Waals surface area (Å²) >= 11 is 2.01. The number of thioether (sulfide) groups is 1. The highest BCUT2D eigenvalue weighted by atomic mass is 32.2. The van der Waals surface area contributed by atoms with E-state index in [0.29, 0.717) is 6.04 Å². The summed E-state index contributed by atoms with van der Waals surface area (Å²) in [4.78, 5) is 8.29. The predicted molar refractivity (Wildman–Crippen MR) is 65.5 cm³/mol. The zero-order valence-corrected chi connectivity index (χ0v) is 9.68. The van der Waals surface area contributed by atoms with Gasteiger partial charge in [-0.2, -0.15) is 11.8 Å². The van der Waals surface area contributed by atoms with Gasteiger partial charge >= 0.3 is 0 Å². The molecular formula is C10H16N4S. The number of rotatable bonds is 3. The van der Waals surface area contributed by atoms with Crippen molar-refractivity contribution in [3.05, 3.63) is 12.4 Å². The van der Waals surface area contributed by atoms with Crippen molar-refractivity contribution < 1.29 is 0 Å². The number of hydrogen-bond acceptors (Lipinski definition) is 5. The maximum atomic E-state index is 4.21. The molecule has 4 nitrogen and oxygen atoms in total. The van der Waals surface area contributed by atoms with Crippen LogP contribution in [0.5, 0.6) is 0 Å². The standard InChI is InChI=1S/C10H16N4S/c1-11-9-5-10(13-7-12-9)14-8-3-2-4-15-6-8/h5,7-8H,2-4,6H2,1H3,(H2,11,12,13,14). The summed E-state index contributed by atoms with van der Waals surface area (Å²) in [5, 5.41) is 6.45. The third-order valence-corrected chi connectivity index (χ3v) is 3.65. The van der Waals surface area contributed by atoms with E-state index in [-0.39, 0.29) is 0 Å². The number of nitrogens with zero attached hydrogens (tertiary/aromatic N) is 2. The number of hydrogen-bond donors (Lipinski definition) is 2. The van der Waals surface area contributed by atoms with Crippen LogP contribution in [-0.2, 0) is 0 Å². The van der Waals surface area contributed by atoms with Crippen LogP contribution in [-0.4, -0.2) is 34.6 Å². The minimum Gasteiger partial charge on any atom is -0.373 e. The van der Waals surface area contributed by atoms with Crippen LogP contribution in [0.15, 0.2) is 12.4 Å². The zero-order chi connectivity index (χ0) is 10.5. The van der Waals surface area contributed by atoms with Gasteiger partial charge in [-0.1, -0.05) is 0 Å². The average molecular weight is 224 g/mol. The monoisotopic (exact) mass is 224 g/mol. The topological polar surface area (TPSA) is 49.8 Å². The summed E-state index contributed by atoms with van der Waals surface area (Å²) in [6, 6.07) is 2.50. The van der Waals surface area contributed by atoms with E-state index < -0.39 is 0 Å². The van der Waals surface area contributed by atoms with Crippen molar-refractivity contribution in [1.29, 1.82) is 0 Å². The van der Waals surface area contributed by atoms with Gasteiger partial charge in [0, 0.05) is 24.9 Å². The van der Waals surface area contributed by atoms with Gasteiger partial charge in [-0.05, 0) is 18.6 Å². The molecule has 2 heterocycles. The van der Waals surface area contributed by atoms with E-state index in [4.69, 9.17) is 0 Å². The SMILES string of the molecule is CNc1cc(NC2CCCSC2)ncn1. The van der Waals surface area contributed by atoms with Gasteiger partial charge in [-0.25, -0.2) is 9.97 Å². The molecule has 1 aromatic rings. The van der Waals surface area contributed by atoms with Gasteiger partial charge in [0.15, 0.2) is 0 Å². The molecule has 1 aliphatic heterocycles. The molecule has 1 saturated heterocycles. The van der Waals surface area contributed by atoms with Crippen LogP contribution in [0.2, 0.25) is 0 Å². The highest BCUT2D eigenvalue weighted by Crippen LogP contribution is 2.20. The molecule has 0 spiro atoms. The Morgan fingerprint density at radius 1 is 1.40 bits per heavy atom. The first kappa shape index (κ1) is 10.5. The molecule has 1 aromatic heterocycles. The zero-order valence-electron chi connectivity index (χ0n) is 8.86. The molecule has 15 heavy (non-hydrogen) atoms. The van der Waals surface area contributed by atoms with E-state index in [2.05, 4.69) is 20.6 Å². The number of nitrogens with one attached hydrogen (secondary N) is 2. The molecule has 1 unspecified atom stereocenters. The molecule has 2 N–H and O–H groups in total. The Morgan fingerprint density at radius 3 is 3.00 bits per heavy atom. The Morgan fingerprint density at radius 2 is 2.27 bits per heavy atom. The normalized spacial score (nSPS) is 21.0. The van der Waals surface area contributed by atoms with Gasteiger partial charge in [0.05, 0.1) is 0 Å².